The van der Waals surface area contributed by atoms with Gasteiger partial charge >= 0.3 is 5.97 Å². The molecule has 2 heterocycles. The molecule has 6 nitrogen and oxygen atoms in total. The monoisotopic (exact) mass is 488 g/mol. The lowest BCUT2D eigenvalue weighted by Crippen LogP contribution is -2.12. The zero-order valence-electron chi connectivity index (χ0n) is 20.5. The maximum absolute atomic E-state index is 12.7. The number of rotatable bonds is 6. The van der Waals surface area contributed by atoms with Gasteiger partial charge in [-0.2, -0.15) is 0 Å². The summed E-state index contributed by atoms with van der Waals surface area (Å²) in [6, 6.07) is 17.6. The number of aliphatic hydroxyl groups excluding tert-OH is 1. The minimum Gasteiger partial charge on any atom is -0.506 e. The molecule has 0 unspecified atom stereocenters. The van der Waals surface area contributed by atoms with Crippen molar-refractivity contribution in [2.24, 2.45) is 4.99 Å². The van der Waals surface area contributed by atoms with Crippen molar-refractivity contribution in [3.63, 3.8) is 0 Å². The van der Waals surface area contributed by atoms with Crippen LogP contribution in [0, 0.1) is 20.8 Å². The summed E-state index contributed by atoms with van der Waals surface area (Å²) < 4.78 is 12.6. The number of carbonyl (C=O) groups is 1. The summed E-state index contributed by atoms with van der Waals surface area (Å²) in [6.07, 6.45) is 1.89. The number of aromatic nitrogens is 1. The third-order valence-electron chi connectivity index (χ3n) is 5.72. The molecule has 1 aromatic heterocycles. The predicted octanol–water partition coefficient (Wildman–Crippen LogP) is 6.60. The molecule has 0 bridgehead atoms. The third-order valence-corrected chi connectivity index (χ3v) is 6.74. The second kappa shape index (κ2) is 10.3. The Kier molecular flexibility index (Phi) is 7.17. The van der Waals surface area contributed by atoms with Gasteiger partial charge < -0.3 is 19.1 Å². The van der Waals surface area contributed by atoms with Crippen LogP contribution in [0.3, 0.4) is 0 Å². The smallest absolute Gasteiger partial charge is 0.344 e. The zero-order chi connectivity index (χ0) is 25.1. The van der Waals surface area contributed by atoms with Gasteiger partial charge in [0.05, 0.1) is 24.3 Å². The summed E-state index contributed by atoms with van der Waals surface area (Å²) in [5.74, 6) is 0.0897. The lowest BCUT2D eigenvalue weighted by Gasteiger charge is -2.10. The van der Waals surface area contributed by atoms with Gasteiger partial charge in [0, 0.05) is 17.1 Å². The minimum atomic E-state index is -0.588. The van der Waals surface area contributed by atoms with Crippen LogP contribution in [0.15, 0.2) is 75.8 Å². The van der Waals surface area contributed by atoms with E-state index >= 15 is 0 Å². The van der Waals surface area contributed by atoms with E-state index in [4.69, 9.17) is 9.47 Å². The Morgan fingerprint density at radius 3 is 2.40 bits per heavy atom. The average molecular weight is 489 g/mol. The Bertz CT molecular complexity index is 1350. The molecule has 1 N–H and O–H groups in total. The number of hydrogen-bond donors (Lipinski definition) is 1. The molecule has 1 aliphatic heterocycles. The number of nitrogens with zero attached hydrogens (tertiary/aromatic N) is 2. The summed E-state index contributed by atoms with van der Waals surface area (Å²) in [6.45, 7) is 8.00. The predicted molar refractivity (Wildman–Crippen MR) is 142 cm³/mol. The Morgan fingerprint density at radius 1 is 1.09 bits per heavy atom. The quantitative estimate of drug-likeness (QED) is 0.396. The normalized spacial score (nSPS) is 15.8. The highest BCUT2D eigenvalue weighted by atomic mass is 32.2. The number of carbonyl (C=O) groups excluding carboxylic acids is 1. The molecule has 2 aromatic carbocycles. The number of benzene rings is 2. The fraction of sp³-hybridized carbons (Fsp3) is 0.214. The van der Waals surface area contributed by atoms with Crippen molar-refractivity contribution in [3.8, 4) is 11.4 Å². The van der Waals surface area contributed by atoms with Crippen molar-refractivity contribution in [1.82, 2.24) is 4.57 Å². The van der Waals surface area contributed by atoms with Crippen molar-refractivity contribution >= 4 is 34.5 Å². The van der Waals surface area contributed by atoms with Gasteiger partial charge in [-0.1, -0.05) is 29.5 Å². The van der Waals surface area contributed by atoms with Crippen LogP contribution in [0.2, 0.25) is 0 Å². The van der Waals surface area contributed by atoms with Crippen molar-refractivity contribution in [2.75, 3.05) is 13.7 Å². The Morgan fingerprint density at radius 2 is 1.77 bits per heavy atom. The molecule has 7 heteroatoms. The molecule has 0 atom stereocenters. The van der Waals surface area contributed by atoms with Crippen LogP contribution in [0.25, 0.3) is 11.8 Å². The minimum absolute atomic E-state index is 0.0904. The molecule has 1 aliphatic rings. The van der Waals surface area contributed by atoms with Crippen LogP contribution in [-0.2, 0) is 9.53 Å². The summed E-state index contributed by atoms with van der Waals surface area (Å²) in [4.78, 5) is 17.9. The number of methoxy groups -OCH3 is 1. The van der Waals surface area contributed by atoms with E-state index in [1.54, 1.807) is 14.0 Å². The molecular formula is C28H28N2O4S. The molecule has 0 saturated heterocycles. The second-order valence-corrected chi connectivity index (χ2v) is 9.20. The lowest BCUT2D eigenvalue weighted by molar-refractivity contribution is -0.138. The molecule has 3 aromatic rings. The van der Waals surface area contributed by atoms with Gasteiger partial charge in [-0.3, -0.25) is 0 Å². The number of aliphatic imine (C=N–C) groups is 1. The molecule has 0 amide bonds. The molecule has 35 heavy (non-hydrogen) atoms. The Balaban J connectivity index is 1.75. The number of aliphatic hydroxyl groups is 1. The summed E-state index contributed by atoms with van der Waals surface area (Å²) in [5, 5.41) is 11.4. The number of esters is 1. The number of aryl methyl sites for hydroxylation is 2. The summed E-state index contributed by atoms with van der Waals surface area (Å²) >= 11 is 1.26. The standard InChI is InChI=1S/C28H28N2O4S/c1-6-34-28(32)25-26(31)24(35-27(25)29-21-9-7-17(2)8-10-21)16-20-15-18(3)30(19(20)4)22-11-13-23(33-5)14-12-22/h7-16,31H,6H2,1-5H3. The first-order chi connectivity index (χ1) is 16.8. The average Bonchev–Trinajstić information content (AvgIpc) is 3.30. The van der Waals surface area contributed by atoms with Gasteiger partial charge in [0.1, 0.15) is 22.1 Å². The van der Waals surface area contributed by atoms with E-state index in [2.05, 4.69) is 15.6 Å². The van der Waals surface area contributed by atoms with Crippen molar-refractivity contribution < 1.29 is 19.4 Å². The summed E-state index contributed by atoms with van der Waals surface area (Å²) in [5.41, 5.74) is 5.91. The van der Waals surface area contributed by atoms with E-state index in [1.807, 2.05) is 75.4 Å². The first-order valence-corrected chi connectivity index (χ1v) is 12.1. The number of thioether (sulfide) groups is 1. The second-order valence-electron chi connectivity index (χ2n) is 8.17. The molecule has 0 fully saturated rings. The van der Waals surface area contributed by atoms with E-state index in [-0.39, 0.29) is 17.9 Å². The number of hydrogen-bond acceptors (Lipinski definition) is 6. The van der Waals surface area contributed by atoms with Gasteiger partial charge in [-0.25, -0.2) is 9.79 Å². The van der Waals surface area contributed by atoms with Gasteiger partial charge in [0.2, 0.25) is 0 Å². The van der Waals surface area contributed by atoms with Crippen LogP contribution < -0.4 is 4.74 Å². The van der Waals surface area contributed by atoms with Gasteiger partial charge in [-0.15, -0.1) is 0 Å². The molecule has 0 radical (unpaired) electrons. The van der Waals surface area contributed by atoms with Crippen molar-refractivity contribution in [1.29, 1.82) is 0 Å². The SMILES string of the molecule is CCOC(=O)C1=C(O)C(=Cc2cc(C)n(-c3ccc(OC)cc3)c2C)SC1=Nc1ccc(C)cc1. The van der Waals surface area contributed by atoms with Crippen LogP contribution in [-0.4, -0.2) is 34.4 Å². The van der Waals surface area contributed by atoms with Crippen LogP contribution in [0.5, 0.6) is 5.75 Å². The van der Waals surface area contributed by atoms with Crippen LogP contribution >= 0.6 is 11.8 Å². The van der Waals surface area contributed by atoms with Gasteiger partial charge in [0.15, 0.2) is 0 Å². The molecule has 0 aliphatic carbocycles. The van der Waals surface area contributed by atoms with Gasteiger partial charge in [0.25, 0.3) is 0 Å². The fourth-order valence-corrected chi connectivity index (χ4v) is 4.96. The summed E-state index contributed by atoms with van der Waals surface area (Å²) in [7, 11) is 1.64. The maximum atomic E-state index is 12.7. The van der Waals surface area contributed by atoms with E-state index in [0.29, 0.717) is 15.6 Å². The van der Waals surface area contributed by atoms with E-state index < -0.39 is 5.97 Å². The van der Waals surface area contributed by atoms with Crippen LogP contribution in [0.4, 0.5) is 5.69 Å². The number of ether oxygens (including phenoxy) is 2. The van der Waals surface area contributed by atoms with Crippen molar-refractivity contribution in [2.45, 2.75) is 27.7 Å². The van der Waals surface area contributed by atoms with Crippen molar-refractivity contribution in [3.05, 3.63) is 93.3 Å². The highest BCUT2D eigenvalue weighted by Crippen LogP contribution is 2.41. The topological polar surface area (TPSA) is 73.0 Å². The Labute approximate surface area is 209 Å². The molecule has 180 valence electrons. The van der Waals surface area contributed by atoms with E-state index in [9.17, 15) is 9.90 Å². The molecule has 0 spiro atoms. The van der Waals surface area contributed by atoms with E-state index in [0.717, 1.165) is 34.0 Å². The highest BCUT2D eigenvalue weighted by Gasteiger charge is 2.33. The zero-order valence-corrected chi connectivity index (χ0v) is 21.3. The third kappa shape index (κ3) is 5.05. The highest BCUT2D eigenvalue weighted by molar-refractivity contribution is 8.18. The Hall–Kier alpha value is -3.71. The fourth-order valence-electron chi connectivity index (χ4n) is 3.93. The maximum Gasteiger partial charge on any atom is 0.344 e. The molecular weight excluding hydrogens is 460 g/mol. The van der Waals surface area contributed by atoms with Crippen LogP contribution in [0.1, 0.15) is 29.4 Å². The van der Waals surface area contributed by atoms with Gasteiger partial charge in [-0.05, 0) is 81.8 Å². The molecule has 0 saturated carbocycles. The lowest BCUT2D eigenvalue weighted by atomic mass is 10.1. The largest absolute Gasteiger partial charge is 0.506 e. The first-order valence-electron chi connectivity index (χ1n) is 11.3. The molecule has 4 rings (SSSR count). The van der Waals surface area contributed by atoms with E-state index in [1.165, 1.54) is 11.8 Å². The first kappa shape index (κ1) is 24.4.